The summed E-state index contributed by atoms with van der Waals surface area (Å²) in [5.74, 6) is 0.796. The van der Waals surface area contributed by atoms with Gasteiger partial charge in [0.2, 0.25) is 0 Å². The molecule has 7 nitrogen and oxygen atoms in total. The number of carbonyl (C=O) groups is 2. The Morgan fingerprint density at radius 1 is 1.00 bits per heavy atom. The Bertz CT molecular complexity index is 905. The number of benzene rings is 2. The maximum absolute atomic E-state index is 12.4. The van der Waals surface area contributed by atoms with Gasteiger partial charge >= 0.3 is 0 Å². The average Bonchev–Trinajstić information content (AvgIpc) is 2.72. The Kier molecular flexibility index (Phi) is 9.75. The zero-order valence-corrected chi connectivity index (χ0v) is 19.2. The van der Waals surface area contributed by atoms with Crippen LogP contribution in [0.4, 0.5) is 0 Å². The second-order valence-corrected chi connectivity index (χ2v) is 7.75. The van der Waals surface area contributed by atoms with Crippen LogP contribution < -0.4 is 24.8 Å². The molecule has 31 heavy (non-hydrogen) atoms. The van der Waals surface area contributed by atoms with Crippen LogP contribution >= 0.6 is 23.2 Å². The van der Waals surface area contributed by atoms with E-state index in [0.29, 0.717) is 52.4 Å². The van der Waals surface area contributed by atoms with Crippen molar-refractivity contribution in [1.29, 1.82) is 0 Å². The van der Waals surface area contributed by atoms with Crippen molar-refractivity contribution in [2.45, 2.75) is 26.3 Å². The zero-order valence-electron chi connectivity index (χ0n) is 17.7. The minimum atomic E-state index is -0.257. The van der Waals surface area contributed by atoms with Gasteiger partial charge < -0.3 is 24.8 Å². The summed E-state index contributed by atoms with van der Waals surface area (Å²) in [6.45, 7) is 4.39. The highest BCUT2D eigenvalue weighted by Gasteiger charge is 2.13. The van der Waals surface area contributed by atoms with Gasteiger partial charge in [0, 0.05) is 23.2 Å². The van der Waals surface area contributed by atoms with Crippen LogP contribution in [0.15, 0.2) is 36.4 Å². The molecule has 0 saturated carbocycles. The summed E-state index contributed by atoms with van der Waals surface area (Å²) in [6.07, 6.45) is 0.591. The Morgan fingerprint density at radius 3 is 2.42 bits per heavy atom. The number of carbonyl (C=O) groups excluding carboxylic acids is 2. The van der Waals surface area contributed by atoms with Crippen molar-refractivity contribution in [3.63, 3.8) is 0 Å². The van der Waals surface area contributed by atoms with Crippen molar-refractivity contribution in [3.8, 4) is 17.2 Å². The fourth-order valence-corrected chi connectivity index (χ4v) is 3.05. The number of amides is 2. The summed E-state index contributed by atoms with van der Waals surface area (Å²) < 4.78 is 16.4. The summed E-state index contributed by atoms with van der Waals surface area (Å²) in [5, 5.41) is 6.53. The van der Waals surface area contributed by atoms with Crippen LogP contribution in [0.1, 0.15) is 30.6 Å². The minimum Gasteiger partial charge on any atom is -0.493 e. The minimum absolute atomic E-state index is 0.0256. The standard InChI is InChI=1S/C22H26Cl2N2O5/c1-14(2)26-21(27)13-31-19-7-5-15(11-20(19)29-3)22(28)25-9-4-10-30-18-8-6-16(23)12-17(18)24/h5-8,11-12,14H,4,9-10,13H2,1-3H3,(H,25,28)(H,26,27). The van der Waals surface area contributed by atoms with Crippen LogP contribution in [0.2, 0.25) is 10.0 Å². The number of methoxy groups -OCH3 is 1. The van der Waals surface area contributed by atoms with Gasteiger partial charge in [0.05, 0.1) is 18.7 Å². The first-order valence-corrected chi connectivity index (χ1v) is 10.5. The molecule has 0 aliphatic rings. The quantitative estimate of drug-likeness (QED) is 0.484. The molecule has 0 aliphatic carbocycles. The number of hydrogen-bond acceptors (Lipinski definition) is 5. The van der Waals surface area contributed by atoms with Gasteiger partial charge in [-0.25, -0.2) is 0 Å². The van der Waals surface area contributed by atoms with Crippen molar-refractivity contribution in [1.82, 2.24) is 10.6 Å². The van der Waals surface area contributed by atoms with Gasteiger partial charge in [-0.15, -0.1) is 0 Å². The second-order valence-electron chi connectivity index (χ2n) is 6.91. The average molecular weight is 469 g/mol. The molecule has 0 radical (unpaired) electrons. The topological polar surface area (TPSA) is 85.9 Å². The van der Waals surface area contributed by atoms with E-state index in [1.54, 1.807) is 36.4 Å². The molecule has 0 heterocycles. The first-order valence-electron chi connectivity index (χ1n) is 9.76. The Hall–Kier alpha value is -2.64. The molecule has 0 unspecified atom stereocenters. The predicted molar refractivity (Wildman–Crippen MR) is 121 cm³/mol. The van der Waals surface area contributed by atoms with Crippen LogP contribution in [0.5, 0.6) is 17.2 Å². The highest BCUT2D eigenvalue weighted by molar-refractivity contribution is 6.35. The predicted octanol–water partition coefficient (Wildman–Crippen LogP) is 4.10. The maximum Gasteiger partial charge on any atom is 0.258 e. The molecule has 168 valence electrons. The molecule has 0 bridgehead atoms. The lowest BCUT2D eigenvalue weighted by Gasteiger charge is -2.13. The van der Waals surface area contributed by atoms with Gasteiger partial charge in [0.1, 0.15) is 5.75 Å². The van der Waals surface area contributed by atoms with E-state index in [2.05, 4.69) is 10.6 Å². The van der Waals surface area contributed by atoms with E-state index in [1.165, 1.54) is 7.11 Å². The third-order valence-electron chi connectivity index (χ3n) is 3.99. The first-order chi connectivity index (χ1) is 14.8. The monoisotopic (exact) mass is 468 g/mol. The molecule has 9 heteroatoms. The molecule has 2 aromatic rings. The molecule has 2 amide bonds. The number of ether oxygens (including phenoxy) is 3. The number of nitrogens with one attached hydrogen (secondary N) is 2. The van der Waals surface area contributed by atoms with Crippen LogP contribution in [-0.2, 0) is 4.79 Å². The van der Waals surface area contributed by atoms with Gasteiger partial charge in [0.25, 0.3) is 11.8 Å². The lowest BCUT2D eigenvalue weighted by molar-refractivity contribution is -0.123. The normalized spacial score (nSPS) is 10.5. The van der Waals surface area contributed by atoms with E-state index in [4.69, 9.17) is 37.4 Å². The molecule has 0 aliphatic heterocycles. The summed E-state index contributed by atoms with van der Waals surface area (Å²) in [6, 6.07) is 9.80. The van der Waals surface area contributed by atoms with E-state index >= 15 is 0 Å². The molecule has 0 spiro atoms. The highest BCUT2D eigenvalue weighted by Crippen LogP contribution is 2.28. The van der Waals surface area contributed by atoms with Crippen molar-refractivity contribution < 1.29 is 23.8 Å². The third kappa shape index (κ3) is 8.19. The summed E-state index contributed by atoms with van der Waals surface area (Å²) in [5.41, 5.74) is 0.414. The van der Waals surface area contributed by atoms with Crippen LogP contribution in [0.3, 0.4) is 0 Å². The van der Waals surface area contributed by atoms with Crippen LogP contribution in [0.25, 0.3) is 0 Å². The number of halogens is 2. The van der Waals surface area contributed by atoms with E-state index in [1.807, 2.05) is 13.8 Å². The zero-order chi connectivity index (χ0) is 22.8. The molecule has 2 N–H and O–H groups in total. The Labute approximate surface area is 192 Å². The van der Waals surface area contributed by atoms with Gasteiger partial charge in [-0.2, -0.15) is 0 Å². The molecular formula is C22H26Cl2N2O5. The smallest absolute Gasteiger partial charge is 0.258 e. The maximum atomic E-state index is 12.4. The van der Waals surface area contributed by atoms with Gasteiger partial charge in [-0.1, -0.05) is 23.2 Å². The lowest BCUT2D eigenvalue weighted by Crippen LogP contribution is -2.34. The highest BCUT2D eigenvalue weighted by atomic mass is 35.5. The van der Waals surface area contributed by atoms with Crippen LogP contribution in [0, 0.1) is 0 Å². The summed E-state index contributed by atoms with van der Waals surface area (Å²) in [4.78, 5) is 24.1. The largest absolute Gasteiger partial charge is 0.493 e. The van der Waals surface area contributed by atoms with E-state index in [9.17, 15) is 9.59 Å². The van der Waals surface area contributed by atoms with E-state index in [-0.39, 0.29) is 24.5 Å². The molecular weight excluding hydrogens is 443 g/mol. The van der Waals surface area contributed by atoms with Gasteiger partial charge in [0.15, 0.2) is 18.1 Å². The number of hydrogen-bond donors (Lipinski definition) is 2. The van der Waals surface area contributed by atoms with Crippen molar-refractivity contribution in [2.75, 3.05) is 26.9 Å². The molecule has 0 saturated heterocycles. The summed E-state index contributed by atoms with van der Waals surface area (Å²) in [7, 11) is 1.47. The van der Waals surface area contributed by atoms with E-state index < -0.39 is 0 Å². The van der Waals surface area contributed by atoms with Gasteiger partial charge in [-0.05, 0) is 56.7 Å². The Balaban J connectivity index is 1.81. The van der Waals surface area contributed by atoms with Gasteiger partial charge in [-0.3, -0.25) is 9.59 Å². The first kappa shape index (κ1) is 24.6. The molecule has 0 fully saturated rings. The van der Waals surface area contributed by atoms with Crippen molar-refractivity contribution in [3.05, 3.63) is 52.0 Å². The number of rotatable bonds is 11. The Morgan fingerprint density at radius 2 is 1.74 bits per heavy atom. The van der Waals surface area contributed by atoms with Crippen molar-refractivity contribution >= 4 is 35.0 Å². The second kappa shape index (κ2) is 12.3. The SMILES string of the molecule is COc1cc(C(=O)NCCCOc2ccc(Cl)cc2Cl)ccc1OCC(=O)NC(C)C. The van der Waals surface area contributed by atoms with Crippen molar-refractivity contribution in [2.24, 2.45) is 0 Å². The molecule has 0 atom stereocenters. The molecule has 2 rings (SSSR count). The lowest BCUT2D eigenvalue weighted by atomic mass is 10.2. The summed E-state index contributed by atoms with van der Waals surface area (Å²) >= 11 is 11.9. The fourth-order valence-electron chi connectivity index (χ4n) is 2.59. The third-order valence-corrected chi connectivity index (χ3v) is 4.52. The van der Waals surface area contributed by atoms with E-state index in [0.717, 1.165) is 0 Å². The van der Waals surface area contributed by atoms with Crippen LogP contribution in [-0.4, -0.2) is 44.7 Å². The fraction of sp³-hybridized carbons (Fsp3) is 0.364. The molecule has 0 aromatic heterocycles. The molecule has 2 aromatic carbocycles.